The summed E-state index contributed by atoms with van der Waals surface area (Å²) in [6, 6.07) is 26.4. The molecular weight excluding hydrogens is 743 g/mol. The van der Waals surface area contributed by atoms with E-state index in [1.165, 1.54) is 101 Å². The Bertz CT molecular complexity index is 2580. The molecule has 300 valence electrons. The number of hydrogen-bond acceptors (Lipinski definition) is 3. The van der Waals surface area contributed by atoms with E-state index in [1.54, 1.807) is 0 Å². The van der Waals surface area contributed by atoms with Crippen LogP contribution in [0.3, 0.4) is 0 Å². The average molecular weight is 805 g/mol. The lowest BCUT2D eigenvalue weighted by Crippen LogP contribution is -2.61. The van der Waals surface area contributed by atoms with Gasteiger partial charge in [0.05, 0.1) is 5.69 Å². The van der Waals surface area contributed by atoms with E-state index in [9.17, 15) is 0 Å². The summed E-state index contributed by atoms with van der Waals surface area (Å²) in [5, 5.41) is 2.12. The fourth-order valence-corrected chi connectivity index (χ4v) is 11.9. The van der Waals surface area contributed by atoms with Crippen molar-refractivity contribution >= 4 is 83.9 Å². The van der Waals surface area contributed by atoms with Crippen LogP contribution in [0.1, 0.15) is 138 Å². The minimum atomic E-state index is -0.000571. The highest BCUT2D eigenvalue weighted by molar-refractivity contribution is 7.33. The van der Waals surface area contributed by atoms with E-state index in [0.717, 1.165) is 11.4 Å². The van der Waals surface area contributed by atoms with Gasteiger partial charge in [-0.1, -0.05) is 144 Å². The summed E-state index contributed by atoms with van der Waals surface area (Å²) < 4.78 is 2.81. The number of hydrogen-bond donors (Lipinski definition) is 0. The van der Waals surface area contributed by atoms with Crippen molar-refractivity contribution in [3.63, 3.8) is 0 Å². The van der Waals surface area contributed by atoms with Crippen molar-refractivity contribution in [2.75, 3.05) is 9.80 Å². The second-order valence-electron chi connectivity index (χ2n) is 22.4. The molecule has 3 heterocycles. The Morgan fingerprint density at radius 2 is 1.26 bits per heavy atom. The van der Waals surface area contributed by atoms with Crippen LogP contribution in [0.25, 0.3) is 10.1 Å². The first-order valence-electron chi connectivity index (χ1n) is 21.7. The lowest BCUT2D eigenvalue weighted by Gasteiger charge is -2.46. The third kappa shape index (κ3) is 6.17. The summed E-state index contributed by atoms with van der Waals surface area (Å²) in [4.78, 5) is 5.18. The van der Waals surface area contributed by atoms with Gasteiger partial charge in [-0.2, -0.15) is 0 Å². The van der Waals surface area contributed by atoms with E-state index < -0.39 is 0 Å². The first-order valence-corrected chi connectivity index (χ1v) is 22.9. The van der Waals surface area contributed by atoms with Gasteiger partial charge in [0, 0.05) is 54.2 Å². The number of halogens is 1. The van der Waals surface area contributed by atoms with E-state index in [0.29, 0.717) is 5.92 Å². The molecule has 9 rings (SSSR count). The Labute approximate surface area is 358 Å². The largest absolute Gasteiger partial charge is 0.315 e. The molecule has 5 heteroatoms. The van der Waals surface area contributed by atoms with E-state index in [1.807, 2.05) is 11.3 Å². The van der Waals surface area contributed by atoms with Gasteiger partial charge in [0.1, 0.15) is 0 Å². The Morgan fingerprint density at radius 3 is 1.84 bits per heavy atom. The number of rotatable bonds is 2. The molecule has 0 fully saturated rings. The molecule has 1 aromatic heterocycles. The molecule has 2 nitrogen and oxygen atoms in total. The lowest BCUT2D eigenvalue weighted by molar-refractivity contribution is 0.332. The molecule has 0 saturated carbocycles. The van der Waals surface area contributed by atoms with Crippen molar-refractivity contribution < 1.29 is 0 Å². The maximum absolute atomic E-state index is 7.41. The smallest absolute Gasteiger partial charge is 0.264 e. The molecule has 0 amide bonds. The van der Waals surface area contributed by atoms with Gasteiger partial charge in [0.15, 0.2) is 0 Å². The van der Waals surface area contributed by atoms with Crippen molar-refractivity contribution in [3.05, 3.63) is 117 Å². The third-order valence-corrected chi connectivity index (χ3v) is 15.6. The highest BCUT2D eigenvalue weighted by Gasteiger charge is 2.47. The molecule has 4 aliphatic rings. The number of anilines is 5. The molecule has 0 saturated heterocycles. The zero-order chi connectivity index (χ0) is 41.6. The van der Waals surface area contributed by atoms with Crippen LogP contribution in [-0.2, 0) is 21.7 Å². The van der Waals surface area contributed by atoms with Crippen molar-refractivity contribution in [1.29, 1.82) is 0 Å². The molecule has 1 atom stereocenters. The molecule has 0 spiro atoms. The van der Waals surface area contributed by atoms with Gasteiger partial charge in [-0.05, 0) is 128 Å². The first-order chi connectivity index (χ1) is 27.0. The Morgan fingerprint density at radius 1 is 0.672 bits per heavy atom. The molecule has 4 aromatic carbocycles. The van der Waals surface area contributed by atoms with E-state index >= 15 is 0 Å². The maximum atomic E-state index is 7.41. The van der Waals surface area contributed by atoms with E-state index in [2.05, 4.69) is 186 Å². The van der Waals surface area contributed by atoms with Crippen LogP contribution in [0, 0.1) is 11.3 Å². The number of thiophene rings is 1. The topological polar surface area (TPSA) is 6.48 Å². The lowest BCUT2D eigenvalue weighted by atomic mass is 9.36. The molecule has 58 heavy (non-hydrogen) atoms. The number of benzene rings is 4. The summed E-state index contributed by atoms with van der Waals surface area (Å²) in [6.07, 6.45) is 8.24. The van der Waals surface area contributed by atoms with E-state index in [4.69, 9.17) is 11.6 Å². The van der Waals surface area contributed by atoms with Crippen molar-refractivity contribution in [1.82, 2.24) is 0 Å². The molecule has 2 aliphatic carbocycles. The monoisotopic (exact) mass is 804 g/mol. The molecule has 0 N–H and O–H groups in total. The summed E-state index contributed by atoms with van der Waals surface area (Å²) in [7, 11) is 0. The minimum Gasteiger partial charge on any atom is -0.315 e. The highest BCUT2D eigenvalue weighted by Crippen LogP contribution is 2.53. The first kappa shape index (κ1) is 39.7. The second-order valence-corrected chi connectivity index (χ2v) is 23.9. The van der Waals surface area contributed by atoms with Gasteiger partial charge in [0.2, 0.25) is 0 Å². The fourth-order valence-electron chi connectivity index (χ4n) is 10.3. The Balaban J connectivity index is 1.39. The van der Waals surface area contributed by atoms with Crippen molar-refractivity contribution in [2.45, 2.75) is 138 Å². The van der Waals surface area contributed by atoms with Crippen LogP contribution in [0.2, 0.25) is 5.02 Å². The molecular formula is C53H62BClN2S. The summed E-state index contributed by atoms with van der Waals surface area (Å²) >= 11 is 9.43. The zero-order valence-electron chi connectivity index (χ0n) is 37.5. The Kier molecular flexibility index (Phi) is 8.83. The average Bonchev–Trinajstić information content (AvgIpc) is 3.50. The third-order valence-electron chi connectivity index (χ3n) is 14.2. The fraction of sp³-hybridized carbons (Fsp3) is 0.434. The predicted molar refractivity (Wildman–Crippen MR) is 257 cm³/mol. The normalized spacial score (nSPS) is 19.6. The number of fused-ring (bicyclic) bond motifs is 7. The number of allylic oxidation sites excluding steroid dienone is 4. The van der Waals surface area contributed by atoms with Crippen LogP contribution >= 0.6 is 22.9 Å². The molecule has 0 radical (unpaired) electrons. The van der Waals surface area contributed by atoms with Crippen molar-refractivity contribution in [3.8, 4) is 0 Å². The highest BCUT2D eigenvalue weighted by atomic mass is 35.5. The van der Waals surface area contributed by atoms with Crippen molar-refractivity contribution in [2.24, 2.45) is 11.3 Å². The standard InChI is InChI=1S/C53H62BClN2S/c1-31-25-33(50(5,6)7)17-21-41(31)57-42-22-18-34(51(8,9)10)26-40(42)54-46-43(27-35(55)28-44(46)57)56(36-19-15-32(16-20-36)49(2,3)4)47-37-29-38-39(30-45(37)58-48(47)54)53(13,14)24-23-52(38,11)12/h15-22,26-31H,23-25H2,1-14H3. The SMILES string of the molecule is CC1CC(C(C)(C)C)=CC=C1N1c2ccc(C(C)(C)C)cc2B2c3sc4cc5c(cc4c3N(c3ccc(C(C)(C)C)cc3)c3cc(Cl)cc1c32)C(C)(C)CCC5(C)C. The number of nitrogens with zero attached hydrogens (tertiary/aromatic N) is 2. The van der Waals surface area contributed by atoms with Gasteiger partial charge in [-0.15, -0.1) is 11.3 Å². The summed E-state index contributed by atoms with van der Waals surface area (Å²) in [6.45, 7) is 33.3. The molecule has 5 aromatic rings. The van der Waals surface area contributed by atoms with Gasteiger partial charge >= 0.3 is 0 Å². The molecule has 1 unspecified atom stereocenters. The molecule has 0 bridgehead atoms. The maximum Gasteiger partial charge on any atom is 0.264 e. The minimum absolute atomic E-state index is 0.000571. The van der Waals surface area contributed by atoms with Crippen LogP contribution in [0.15, 0.2) is 90.2 Å². The summed E-state index contributed by atoms with van der Waals surface area (Å²) in [5.74, 6) is 0.336. The van der Waals surface area contributed by atoms with Crippen LogP contribution in [-0.4, -0.2) is 6.71 Å². The predicted octanol–water partition coefficient (Wildman–Crippen LogP) is 14.1. The van der Waals surface area contributed by atoms with Gasteiger partial charge in [0.25, 0.3) is 6.71 Å². The van der Waals surface area contributed by atoms with Crippen LogP contribution < -0.4 is 25.5 Å². The van der Waals surface area contributed by atoms with Crippen LogP contribution in [0.5, 0.6) is 0 Å². The zero-order valence-corrected chi connectivity index (χ0v) is 39.0. The van der Waals surface area contributed by atoms with Gasteiger partial charge in [-0.3, -0.25) is 0 Å². The summed E-state index contributed by atoms with van der Waals surface area (Å²) in [5.41, 5.74) is 17.9. The van der Waals surface area contributed by atoms with Gasteiger partial charge in [-0.25, -0.2) is 0 Å². The quantitative estimate of drug-likeness (QED) is 0.161. The van der Waals surface area contributed by atoms with Crippen LogP contribution in [0.4, 0.5) is 28.4 Å². The molecule has 2 aliphatic heterocycles. The van der Waals surface area contributed by atoms with Gasteiger partial charge < -0.3 is 9.80 Å². The Hall–Kier alpha value is -3.73. The van der Waals surface area contributed by atoms with E-state index in [-0.39, 0.29) is 33.8 Å². The second kappa shape index (κ2) is 12.9.